The van der Waals surface area contributed by atoms with Crippen molar-refractivity contribution in [2.24, 2.45) is 11.8 Å². The van der Waals surface area contributed by atoms with Crippen LogP contribution in [0.2, 0.25) is 0 Å². The summed E-state index contributed by atoms with van der Waals surface area (Å²) in [6.45, 7) is 12.2. The Balaban J connectivity index is 1.66. The highest BCUT2D eigenvalue weighted by molar-refractivity contribution is 9.09. The standard InChI is InChI=1S/C35H48BrN3O7/c1-5-8-17-27(41)37-22-26(24-15-10-9-11-16-24)45-34(44)28-29-32(42)39(19-12-13-20-40)31(35(29)21-25(36)30(28)46-35)33(43)38(18-7-3)23(4)14-6-2/h5,7,9-11,15-16,23,25-26,28-31,40H,1,3,6,8,12-14,17-22H2,2,4H3,(H,37,41)/t23?,25?,26-,28-,29+,30-,31-,35+/m1/s1. The Hall–Kier alpha value is -3.02. The fourth-order valence-corrected chi connectivity index (χ4v) is 8.25. The van der Waals surface area contributed by atoms with Crippen LogP contribution >= 0.6 is 15.9 Å². The maximum Gasteiger partial charge on any atom is 0.313 e. The first-order chi connectivity index (χ1) is 22.1. The van der Waals surface area contributed by atoms with Crippen LogP contribution in [0, 0.1) is 11.8 Å². The number of aliphatic hydroxyl groups is 1. The Morgan fingerprint density at radius 3 is 2.63 bits per heavy atom. The zero-order valence-electron chi connectivity index (χ0n) is 26.9. The highest BCUT2D eigenvalue weighted by atomic mass is 79.9. The number of rotatable bonds is 18. The molecule has 8 atom stereocenters. The summed E-state index contributed by atoms with van der Waals surface area (Å²) >= 11 is 3.72. The number of hydrogen-bond acceptors (Lipinski definition) is 7. The molecule has 3 fully saturated rings. The number of ether oxygens (including phenoxy) is 2. The fourth-order valence-electron chi connectivity index (χ4n) is 7.31. The lowest BCUT2D eigenvalue weighted by molar-refractivity contribution is -0.160. The second-order valence-electron chi connectivity index (χ2n) is 12.5. The number of aliphatic hydroxyl groups excluding tert-OH is 1. The van der Waals surface area contributed by atoms with Gasteiger partial charge in [0.25, 0.3) is 0 Å². The largest absolute Gasteiger partial charge is 0.455 e. The van der Waals surface area contributed by atoms with Crippen molar-refractivity contribution >= 4 is 39.6 Å². The van der Waals surface area contributed by atoms with Gasteiger partial charge in [-0.15, -0.1) is 13.2 Å². The van der Waals surface area contributed by atoms with Crippen LogP contribution in [0.5, 0.6) is 0 Å². The smallest absolute Gasteiger partial charge is 0.313 e. The van der Waals surface area contributed by atoms with Crippen molar-refractivity contribution in [3.8, 4) is 0 Å². The summed E-state index contributed by atoms with van der Waals surface area (Å²) in [6, 6.07) is 8.14. The molecule has 4 rings (SSSR count). The number of benzene rings is 1. The molecule has 3 heterocycles. The lowest BCUT2D eigenvalue weighted by Crippen LogP contribution is -2.58. The van der Waals surface area contributed by atoms with E-state index < -0.39 is 41.7 Å². The molecule has 1 aromatic carbocycles. The van der Waals surface area contributed by atoms with Gasteiger partial charge in [0, 0.05) is 37.0 Å². The summed E-state index contributed by atoms with van der Waals surface area (Å²) in [4.78, 5) is 58.5. The van der Waals surface area contributed by atoms with E-state index in [9.17, 15) is 24.3 Å². The lowest BCUT2D eigenvalue weighted by Gasteiger charge is -2.39. The highest BCUT2D eigenvalue weighted by Crippen LogP contribution is 2.60. The molecule has 0 radical (unpaired) electrons. The van der Waals surface area contributed by atoms with Crippen molar-refractivity contribution in [3.63, 3.8) is 0 Å². The number of alkyl halides is 1. The number of hydrogen-bond donors (Lipinski definition) is 2. The van der Waals surface area contributed by atoms with Gasteiger partial charge in [-0.25, -0.2) is 0 Å². The molecule has 3 aliphatic rings. The first kappa shape index (κ1) is 35.8. The molecular weight excluding hydrogens is 654 g/mol. The molecule has 3 amide bonds. The molecule has 2 N–H and O–H groups in total. The number of likely N-dealkylation sites (tertiary alicyclic amines) is 1. The lowest BCUT2D eigenvalue weighted by atomic mass is 9.70. The minimum atomic E-state index is -1.22. The summed E-state index contributed by atoms with van der Waals surface area (Å²) in [5.74, 6) is -3.18. The molecule has 252 valence electrons. The van der Waals surface area contributed by atoms with E-state index >= 15 is 0 Å². The van der Waals surface area contributed by atoms with Gasteiger partial charge in [0.2, 0.25) is 17.7 Å². The Bertz CT molecular complexity index is 1260. The van der Waals surface area contributed by atoms with Gasteiger partial charge in [-0.05, 0) is 44.6 Å². The van der Waals surface area contributed by atoms with Gasteiger partial charge in [-0.3, -0.25) is 19.2 Å². The quantitative estimate of drug-likeness (QED) is 0.102. The van der Waals surface area contributed by atoms with Crippen LogP contribution in [0.25, 0.3) is 0 Å². The van der Waals surface area contributed by atoms with Crippen LogP contribution in [0.15, 0.2) is 55.6 Å². The van der Waals surface area contributed by atoms with Crippen molar-refractivity contribution < 1.29 is 33.8 Å². The van der Waals surface area contributed by atoms with Crippen molar-refractivity contribution in [1.29, 1.82) is 0 Å². The number of allylic oxidation sites excluding steroid dienone is 1. The van der Waals surface area contributed by atoms with E-state index in [-0.39, 0.29) is 54.7 Å². The Morgan fingerprint density at radius 2 is 1.98 bits per heavy atom. The maximum absolute atomic E-state index is 14.5. The van der Waals surface area contributed by atoms with Gasteiger partial charge >= 0.3 is 5.97 Å². The number of carbonyl (C=O) groups excluding carboxylic acids is 4. The number of amides is 3. The van der Waals surface area contributed by atoms with E-state index in [1.165, 1.54) is 0 Å². The topological polar surface area (TPSA) is 125 Å². The minimum Gasteiger partial charge on any atom is -0.455 e. The van der Waals surface area contributed by atoms with Gasteiger partial charge < -0.3 is 29.7 Å². The van der Waals surface area contributed by atoms with E-state index in [0.717, 1.165) is 12.8 Å². The number of nitrogens with one attached hydrogen (secondary N) is 1. The molecule has 2 bridgehead atoms. The first-order valence-electron chi connectivity index (χ1n) is 16.4. The summed E-state index contributed by atoms with van der Waals surface area (Å²) in [5, 5.41) is 12.3. The van der Waals surface area contributed by atoms with Crippen molar-refractivity contribution in [3.05, 3.63) is 61.2 Å². The second kappa shape index (κ2) is 16.2. The third-order valence-electron chi connectivity index (χ3n) is 9.44. The van der Waals surface area contributed by atoms with E-state index in [2.05, 4.69) is 41.3 Å². The number of carbonyl (C=O) groups is 4. The molecule has 0 saturated carbocycles. The molecule has 1 aromatic rings. The molecular formula is C35H48BrN3O7. The molecule has 11 heteroatoms. The second-order valence-corrected chi connectivity index (χ2v) is 13.7. The Morgan fingerprint density at radius 1 is 1.24 bits per heavy atom. The van der Waals surface area contributed by atoms with Crippen molar-refractivity contribution in [2.75, 3.05) is 26.2 Å². The molecule has 10 nitrogen and oxygen atoms in total. The number of esters is 1. The summed E-state index contributed by atoms with van der Waals surface area (Å²) in [7, 11) is 0. The monoisotopic (exact) mass is 701 g/mol. The average Bonchev–Trinajstić information content (AvgIpc) is 3.64. The average molecular weight is 703 g/mol. The number of nitrogens with zero attached hydrogens (tertiary/aromatic N) is 2. The van der Waals surface area contributed by atoms with Gasteiger partial charge in [0.1, 0.15) is 17.7 Å². The van der Waals surface area contributed by atoms with Crippen LogP contribution in [-0.2, 0) is 28.7 Å². The summed E-state index contributed by atoms with van der Waals surface area (Å²) in [5.41, 5.74) is -0.516. The van der Waals surface area contributed by atoms with Gasteiger partial charge in [-0.2, -0.15) is 0 Å². The van der Waals surface area contributed by atoms with E-state index in [0.29, 0.717) is 37.8 Å². The van der Waals surface area contributed by atoms with Crippen molar-refractivity contribution in [1.82, 2.24) is 15.1 Å². The van der Waals surface area contributed by atoms with Gasteiger partial charge in [-0.1, -0.05) is 71.8 Å². The minimum absolute atomic E-state index is 0.0344. The summed E-state index contributed by atoms with van der Waals surface area (Å²) in [6.07, 6.45) is 5.70. The molecule has 3 aliphatic heterocycles. The predicted molar refractivity (Wildman–Crippen MR) is 178 cm³/mol. The number of fused-ring (bicyclic) bond motifs is 1. The van der Waals surface area contributed by atoms with Crippen LogP contribution in [0.1, 0.15) is 70.5 Å². The van der Waals surface area contributed by atoms with Crippen LogP contribution in [0.3, 0.4) is 0 Å². The van der Waals surface area contributed by atoms with Crippen molar-refractivity contribution in [2.45, 2.75) is 93.5 Å². The SMILES string of the molecule is C=CCCC(=O)NC[C@@H](OC(=O)[C@H]1[C@@H]2O[C@@]3(CC2Br)[C@@H]1C(=O)N(CCCCO)[C@@H]3C(=O)N(CC=C)C(C)CCC)c1ccccc1. The maximum atomic E-state index is 14.5. The molecule has 0 aromatic heterocycles. The Labute approximate surface area is 280 Å². The van der Waals surface area contributed by atoms with E-state index in [4.69, 9.17) is 9.47 Å². The van der Waals surface area contributed by atoms with Crippen LogP contribution < -0.4 is 5.32 Å². The molecule has 0 aliphatic carbocycles. The van der Waals surface area contributed by atoms with Gasteiger partial charge in [0.15, 0.2) is 0 Å². The van der Waals surface area contributed by atoms with E-state index in [1.807, 2.05) is 37.3 Å². The first-order valence-corrected chi connectivity index (χ1v) is 17.3. The van der Waals surface area contributed by atoms with E-state index in [1.54, 1.807) is 22.0 Å². The van der Waals surface area contributed by atoms with Crippen LogP contribution in [0.4, 0.5) is 0 Å². The number of unbranched alkanes of at least 4 members (excludes halogenated alkanes) is 1. The third-order valence-corrected chi connectivity index (χ3v) is 10.3. The zero-order valence-corrected chi connectivity index (χ0v) is 28.5. The van der Waals surface area contributed by atoms with Gasteiger partial charge in [0.05, 0.1) is 24.5 Å². The molecule has 2 unspecified atom stereocenters. The fraction of sp³-hybridized carbons (Fsp3) is 0.600. The molecule has 46 heavy (non-hydrogen) atoms. The third kappa shape index (κ3) is 7.26. The Kier molecular flexibility index (Phi) is 12.6. The highest BCUT2D eigenvalue weighted by Gasteiger charge is 2.77. The zero-order chi connectivity index (χ0) is 33.4. The van der Waals surface area contributed by atoms with Crippen LogP contribution in [-0.4, -0.2) is 93.5 Å². The molecule has 1 spiro atoms. The normalized spacial score (nSPS) is 27.5. The molecule has 3 saturated heterocycles. The predicted octanol–water partition coefficient (Wildman–Crippen LogP) is 4.08. The number of halogens is 1. The summed E-state index contributed by atoms with van der Waals surface area (Å²) < 4.78 is 12.8.